The average Bonchev–Trinajstić information content (AvgIpc) is 3.18. The molecule has 1 atom stereocenters. The van der Waals surface area contributed by atoms with Gasteiger partial charge in [0.05, 0.1) is 17.1 Å². The lowest BCUT2D eigenvalue weighted by molar-refractivity contribution is 0.559. The van der Waals surface area contributed by atoms with E-state index in [4.69, 9.17) is 5.10 Å². The standard InChI is InChI=1S/C24H23FN4/c1-17-7-6-14-26-23(17)18(2)27-15-20-16-29(22-8-4-3-5-9-22)28-24(20)19-10-12-21(25)13-11-19/h3-14,16,18,27H,15H2,1-2H3. The molecule has 0 aliphatic carbocycles. The molecule has 0 saturated heterocycles. The highest BCUT2D eigenvalue weighted by molar-refractivity contribution is 5.63. The van der Waals surface area contributed by atoms with Crippen LogP contribution in [-0.2, 0) is 6.54 Å². The van der Waals surface area contributed by atoms with Crippen molar-refractivity contribution in [2.75, 3.05) is 0 Å². The van der Waals surface area contributed by atoms with Crippen molar-refractivity contribution >= 4 is 0 Å². The fourth-order valence-corrected chi connectivity index (χ4v) is 3.41. The van der Waals surface area contributed by atoms with E-state index < -0.39 is 0 Å². The maximum absolute atomic E-state index is 13.4. The van der Waals surface area contributed by atoms with Crippen LogP contribution in [-0.4, -0.2) is 14.8 Å². The Morgan fingerprint density at radius 1 is 1.00 bits per heavy atom. The van der Waals surface area contributed by atoms with Crippen molar-refractivity contribution in [3.05, 3.63) is 102 Å². The molecule has 0 radical (unpaired) electrons. The van der Waals surface area contributed by atoms with E-state index in [1.165, 1.54) is 12.1 Å². The monoisotopic (exact) mass is 386 g/mol. The molecule has 5 heteroatoms. The number of aromatic nitrogens is 3. The van der Waals surface area contributed by atoms with Gasteiger partial charge in [-0.1, -0.05) is 24.3 Å². The van der Waals surface area contributed by atoms with Crippen molar-refractivity contribution in [1.29, 1.82) is 0 Å². The number of halogens is 1. The van der Waals surface area contributed by atoms with Gasteiger partial charge in [0.15, 0.2) is 0 Å². The molecule has 1 N–H and O–H groups in total. The summed E-state index contributed by atoms with van der Waals surface area (Å²) in [4.78, 5) is 4.51. The first kappa shape index (κ1) is 19.0. The third-order valence-corrected chi connectivity index (χ3v) is 4.99. The van der Waals surface area contributed by atoms with E-state index in [1.54, 1.807) is 12.1 Å². The summed E-state index contributed by atoms with van der Waals surface area (Å²) in [6, 6.07) is 20.5. The van der Waals surface area contributed by atoms with Gasteiger partial charge in [-0.05, 0) is 61.9 Å². The highest BCUT2D eigenvalue weighted by atomic mass is 19.1. The molecule has 0 amide bonds. The van der Waals surface area contributed by atoms with Gasteiger partial charge in [-0.25, -0.2) is 9.07 Å². The Bertz CT molecular complexity index is 1090. The van der Waals surface area contributed by atoms with Gasteiger partial charge >= 0.3 is 0 Å². The zero-order valence-corrected chi connectivity index (χ0v) is 16.5. The van der Waals surface area contributed by atoms with Gasteiger partial charge in [0.25, 0.3) is 0 Å². The van der Waals surface area contributed by atoms with Gasteiger partial charge in [-0.15, -0.1) is 0 Å². The first-order valence-electron chi connectivity index (χ1n) is 9.66. The molecule has 2 aromatic heterocycles. The van der Waals surface area contributed by atoms with Crippen molar-refractivity contribution < 1.29 is 4.39 Å². The molecule has 4 nitrogen and oxygen atoms in total. The lowest BCUT2D eigenvalue weighted by Crippen LogP contribution is -2.20. The van der Waals surface area contributed by atoms with Crippen LogP contribution in [0.15, 0.2) is 79.1 Å². The lowest BCUT2D eigenvalue weighted by Gasteiger charge is -2.15. The van der Waals surface area contributed by atoms with Crippen LogP contribution in [0.4, 0.5) is 4.39 Å². The zero-order chi connectivity index (χ0) is 20.2. The van der Waals surface area contributed by atoms with Gasteiger partial charge in [0.1, 0.15) is 5.82 Å². The van der Waals surface area contributed by atoms with Crippen molar-refractivity contribution in [2.45, 2.75) is 26.4 Å². The minimum absolute atomic E-state index is 0.0948. The van der Waals surface area contributed by atoms with Crippen LogP contribution in [0.25, 0.3) is 16.9 Å². The second-order valence-corrected chi connectivity index (χ2v) is 7.10. The van der Waals surface area contributed by atoms with E-state index in [9.17, 15) is 4.39 Å². The minimum atomic E-state index is -0.254. The van der Waals surface area contributed by atoms with Crippen molar-refractivity contribution in [3.8, 4) is 16.9 Å². The third kappa shape index (κ3) is 4.25. The summed E-state index contributed by atoms with van der Waals surface area (Å²) < 4.78 is 15.3. The van der Waals surface area contributed by atoms with E-state index in [1.807, 2.05) is 53.5 Å². The van der Waals surface area contributed by atoms with Crippen molar-refractivity contribution in [1.82, 2.24) is 20.1 Å². The first-order valence-corrected chi connectivity index (χ1v) is 9.66. The number of hydrogen-bond donors (Lipinski definition) is 1. The van der Waals surface area contributed by atoms with E-state index >= 15 is 0 Å². The summed E-state index contributed by atoms with van der Waals surface area (Å²) in [7, 11) is 0. The van der Waals surface area contributed by atoms with E-state index in [2.05, 4.69) is 30.2 Å². The normalized spacial score (nSPS) is 12.1. The second kappa shape index (κ2) is 8.37. The second-order valence-electron chi connectivity index (χ2n) is 7.10. The van der Waals surface area contributed by atoms with Crippen LogP contribution in [0.5, 0.6) is 0 Å². The Hall–Kier alpha value is -3.31. The Kier molecular flexibility index (Phi) is 5.49. The number of nitrogens with zero attached hydrogens (tertiary/aromatic N) is 3. The number of pyridine rings is 1. The summed E-state index contributed by atoms with van der Waals surface area (Å²) >= 11 is 0. The SMILES string of the molecule is Cc1cccnc1C(C)NCc1cn(-c2ccccc2)nc1-c1ccc(F)cc1. The summed E-state index contributed by atoms with van der Waals surface area (Å²) in [5.41, 5.74) is 5.94. The Morgan fingerprint density at radius 2 is 1.76 bits per heavy atom. The minimum Gasteiger partial charge on any atom is -0.305 e. The van der Waals surface area contributed by atoms with Crippen LogP contribution in [0.2, 0.25) is 0 Å². The molecule has 29 heavy (non-hydrogen) atoms. The van der Waals surface area contributed by atoms with Crippen LogP contribution in [0, 0.1) is 12.7 Å². The molecule has 0 saturated carbocycles. The molecule has 0 aliphatic heterocycles. The van der Waals surface area contributed by atoms with Crippen LogP contribution >= 0.6 is 0 Å². The molecule has 4 aromatic rings. The number of aryl methyl sites for hydroxylation is 1. The molecule has 146 valence electrons. The number of rotatable bonds is 6. The predicted molar refractivity (Wildman–Crippen MR) is 113 cm³/mol. The average molecular weight is 386 g/mol. The Balaban J connectivity index is 1.65. The quantitative estimate of drug-likeness (QED) is 0.493. The molecule has 0 spiro atoms. The molecule has 0 aliphatic rings. The molecule has 1 unspecified atom stereocenters. The fourth-order valence-electron chi connectivity index (χ4n) is 3.41. The van der Waals surface area contributed by atoms with Crippen molar-refractivity contribution in [2.24, 2.45) is 0 Å². The number of hydrogen-bond acceptors (Lipinski definition) is 3. The molecule has 2 heterocycles. The molecular formula is C24H23FN4. The van der Waals surface area contributed by atoms with E-state index in [0.717, 1.165) is 33.8 Å². The third-order valence-electron chi connectivity index (χ3n) is 4.99. The summed E-state index contributed by atoms with van der Waals surface area (Å²) in [5, 5.41) is 8.34. The molecule has 0 bridgehead atoms. The first-order chi connectivity index (χ1) is 14.1. The zero-order valence-electron chi connectivity index (χ0n) is 16.5. The maximum atomic E-state index is 13.4. The van der Waals surface area contributed by atoms with Crippen molar-refractivity contribution in [3.63, 3.8) is 0 Å². The van der Waals surface area contributed by atoms with Crippen LogP contribution in [0.3, 0.4) is 0 Å². The van der Waals surface area contributed by atoms with Crippen LogP contribution in [0.1, 0.15) is 29.8 Å². The largest absolute Gasteiger partial charge is 0.305 e. The van der Waals surface area contributed by atoms with Gasteiger partial charge in [0.2, 0.25) is 0 Å². The van der Waals surface area contributed by atoms with E-state index in [0.29, 0.717) is 6.54 Å². The number of nitrogens with one attached hydrogen (secondary N) is 1. The summed E-state index contributed by atoms with van der Waals surface area (Å²) in [6.45, 7) is 4.79. The number of benzene rings is 2. The molecular weight excluding hydrogens is 363 g/mol. The van der Waals surface area contributed by atoms with Gasteiger partial charge in [-0.2, -0.15) is 5.10 Å². The molecule has 0 fully saturated rings. The Morgan fingerprint density at radius 3 is 2.48 bits per heavy atom. The highest BCUT2D eigenvalue weighted by Crippen LogP contribution is 2.25. The summed E-state index contributed by atoms with van der Waals surface area (Å²) in [5.74, 6) is -0.254. The Labute approximate surface area is 170 Å². The topological polar surface area (TPSA) is 42.7 Å². The van der Waals surface area contributed by atoms with Gasteiger partial charge < -0.3 is 5.32 Å². The summed E-state index contributed by atoms with van der Waals surface area (Å²) in [6.07, 6.45) is 3.84. The fraction of sp³-hybridized carbons (Fsp3) is 0.167. The van der Waals surface area contributed by atoms with Crippen LogP contribution < -0.4 is 5.32 Å². The molecule has 4 rings (SSSR count). The molecule has 2 aromatic carbocycles. The highest BCUT2D eigenvalue weighted by Gasteiger charge is 2.15. The lowest BCUT2D eigenvalue weighted by atomic mass is 10.1. The van der Waals surface area contributed by atoms with Gasteiger partial charge in [-0.3, -0.25) is 4.98 Å². The predicted octanol–water partition coefficient (Wildman–Crippen LogP) is 5.23. The smallest absolute Gasteiger partial charge is 0.123 e. The van der Waals surface area contributed by atoms with E-state index in [-0.39, 0.29) is 11.9 Å². The van der Waals surface area contributed by atoms with Gasteiger partial charge in [0, 0.05) is 36.1 Å². The number of para-hydroxylation sites is 1. The maximum Gasteiger partial charge on any atom is 0.123 e.